The molecule has 2 aliphatic rings. The summed E-state index contributed by atoms with van der Waals surface area (Å²) in [6.45, 7) is 0.984. The molecule has 1 saturated heterocycles. The molecule has 2 heterocycles. The molecule has 0 radical (unpaired) electrons. The van der Waals surface area contributed by atoms with Gasteiger partial charge in [-0.2, -0.15) is 0 Å². The number of hydrogen-bond acceptors (Lipinski definition) is 7. The minimum Gasteiger partial charge on any atom is -0.380 e. The van der Waals surface area contributed by atoms with Gasteiger partial charge in [-0.15, -0.1) is 0 Å². The van der Waals surface area contributed by atoms with E-state index in [1.54, 1.807) is 24.4 Å². The highest BCUT2D eigenvalue weighted by Gasteiger charge is 2.41. The first-order valence-corrected chi connectivity index (χ1v) is 8.34. The van der Waals surface area contributed by atoms with Crippen molar-refractivity contribution in [2.75, 3.05) is 18.5 Å². The van der Waals surface area contributed by atoms with Crippen LogP contribution in [0.2, 0.25) is 5.02 Å². The number of rotatable bonds is 4. The van der Waals surface area contributed by atoms with Crippen LogP contribution >= 0.6 is 11.6 Å². The number of carbonyl (C=O) groups is 1. The van der Waals surface area contributed by atoms with Gasteiger partial charge in [0.2, 0.25) is 0 Å². The molecule has 0 aliphatic carbocycles. The van der Waals surface area contributed by atoms with E-state index < -0.39 is 11.7 Å². The van der Waals surface area contributed by atoms with Gasteiger partial charge in [0.25, 0.3) is 11.7 Å². The van der Waals surface area contributed by atoms with Gasteiger partial charge in [0.15, 0.2) is 0 Å². The highest BCUT2D eigenvalue weighted by atomic mass is 35.5. The van der Waals surface area contributed by atoms with E-state index >= 15 is 0 Å². The van der Waals surface area contributed by atoms with Gasteiger partial charge < -0.3 is 26.8 Å². The number of nitrogens with one attached hydrogen (secondary N) is 3. The standard InChI is InChI=1S/C16H21ClN6O2/c17-10-1-3-11(4-2-10)21-14-5-7-20-16(23-14,15(19)24)22-13-6-8-25-9-12(13)18/h1-5,7,12-13,20,22H,6,8-9,18H2,(H2,19,24)(H,21,23)/t12-,13+,16?/m0/s1. The Morgan fingerprint density at radius 3 is 2.84 bits per heavy atom. The van der Waals surface area contributed by atoms with Crippen molar-refractivity contribution in [2.45, 2.75) is 24.3 Å². The van der Waals surface area contributed by atoms with Gasteiger partial charge in [0.1, 0.15) is 5.84 Å². The molecule has 0 bridgehead atoms. The van der Waals surface area contributed by atoms with Crippen LogP contribution in [0.5, 0.6) is 0 Å². The van der Waals surface area contributed by atoms with Crippen molar-refractivity contribution in [1.82, 2.24) is 10.6 Å². The SMILES string of the molecule is NC(=O)C1(N[C@@H]2CCOC[C@@H]2N)N=C(Nc2ccc(Cl)cc2)C=CN1. The average Bonchev–Trinajstić information content (AvgIpc) is 2.59. The Balaban J connectivity index is 1.80. The molecular weight excluding hydrogens is 344 g/mol. The average molecular weight is 365 g/mol. The highest BCUT2D eigenvalue weighted by Crippen LogP contribution is 2.17. The Labute approximate surface area is 150 Å². The van der Waals surface area contributed by atoms with E-state index in [1.165, 1.54) is 0 Å². The maximum Gasteiger partial charge on any atom is 0.282 e. The third-order valence-corrected chi connectivity index (χ3v) is 4.34. The first-order valence-electron chi connectivity index (χ1n) is 7.96. The van der Waals surface area contributed by atoms with E-state index in [4.69, 9.17) is 27.8 Å². The molecule has 25 heavy (non-hydrogen) atoms. The number of carbonyl (C=O) groups excluding carboxylic acids is 1. The number of benzene rings is 1. The van der Waals surface area contributed by atoms with E-state index in [1.807, 2.05) is 12.1 Å². The van der Waals surface area contributed by atoms with Gasteiger partial charge in [0.05, 0.1) is 6.61 Å². The fourth-order valence-corrected chi connectivity index (χ4v) is 2.85. The molecule has 0 aromatic heterocycles. The van der Waals surface area contributed by atoms with Gasteiger partial charge in [-0.1, -0.05) is 11.6 Å². The normalized spacial score (nSPS) is 28.8. The quantitative estimate of drug-likeness (QED) is 0.516. The van der Waals surface area contributed by atoms with E-state index in [9.17, 15) is 4.79 Å². The van der Waals surface area contributed by atoms with Crippen LogP contribution in [0.25, 0.3) is 0 Å². The second-order valence-electron chi connectivity index (χ2n) is 5.96. The molecule has 8 nitrogen and oxygen atoms in total. The minimum absolute atomic E-state index is 0.152. The third kappa shape index (κ3) is 4.10. The Kier molecular flexibility index (Phi) is 5.24. The lowest BCUT2D eigenvalue weighted by atomic mass is 10.0. The molecule has 1 fully saturated rings. The van der Waals surface area contributed by atoms with Gasteiger partial charge in [-0.25, -0.2) is 4.99 Å². The fourth-order valence-electron chi connectivity index (χ4n) is 2.72. The molecule has 1 amide bonds. The largest absolute Gasteiger partial charge is 0.380 e. The Bertz CT molecular complexity index is 692. The van der Waals surface area contributed by atoms with Crippen molar-refractivity contribution >= 4 is 29.0 Å². The van der Waals surface area contributed by atoms with Gasteiger partial charge in [0, 0.05) is 35.6 Å². The second kappa shape index (κ2) is 7.40. The van der Waals surface area contributed by atoms with Crippen LogP contribution in [0.1, 0.15) is 6.42 Å². The van der Waals surface area contributed by atoms with Crippen LogP contribution in [-0.4, -0.2) is 42.8 Å². The van der Waals surface area contributed by atoms with Crippen molar-refractivity contribution in [3.05, 3.63) is 41.6 Å². The first-order chi connectivity index (χ1) is 12.0. The lowest BCUT2D eigenvalue weighted by molar-refractivity contribution is -0.126. The zero-order valence-electron chi connectivity index (χ0n) is 13.5. The Morgan fingerprint density at radius 1 is 1.40 bits per heavy atom. The summed E-state index contributed by atoms with van der Waals surface area (Å²) in [5.41, 5.74) is 12.5. The van der Waals surface area contributed by atoms with Gasteiger partial charge in [-0.05, 0) is 36.8 Å². The van der Waals surface area contributed by atoms with E-state index in [0.29, 0.717) is 30.5 Å². The Morgan fingerprint density at radius 2 is 2.16 bits per heavy atom. The zero-order chi connectivity index (χ0) is 17.9. The molecule has 1 aromatic rings. The van der Waals surface area contributed by atoms with Crippen molar-refractivity contribution in [3.8, 4) is 0 Å². The second-order valence-corrected chi connectivity index (χ2v) is 6.40. The van der Waals surface area contributed by atoms with Crippen LogP contribution in [0.15, 0.2) is 41.5 Å². The number of anilines is 1. The zero-order valence-corrected chi connectivity index (χ0v) is 14.3. The van der Waals surface area contributed by atoms with E-state index in [0.717, 1.165) is 5.69 Å². The first kappa shape index (κ1) is 17.7. The lowest BCUT2D eigenvalue weighted by Gasteiger charge is -2.38. The number of nitrogens with zero attached hydrogens (tertiary/aromatic N) is 1. The molecule has 3 atom stereocenters. The number of halogens is 1. The third-order valence-electron chi connectivity index (χ3n) is 4.09. The number of hydrogen-bond donors (Lipinski definition) is 5. The van der Waals surface area contributed by atoms with E-state index in [2.05, 4.69) is 20.9 Å². The number of nitrogens with two attached hydrogens (primary N) is 2. The summed E-state index contributed by atoms with van der Waals surface area (Å²) in [5, 5.41) is 9.83. The van der Waals surface area contributed by atoms with E-state index in [-0.39, 0.29) is 12.1 Å². The van der Waals surface area contributed by atoms with Gasteiger partial charge in [-0.3, -0.25) is 10.1 Å². The van der Waals surface area contributed by atoms with Crippen LogP contribution in [0.4, 0.5) is 5.69 Å². The highest BCUT2D eigenvalue weighted by molar-refractivity contribution is 6.30. The number of amides is 1. The summed E-state index contributed by atoms with van der Waals surface area (Å²) >= 11 is 5.89. The van der Waals surface area contributed by atoms with Crippen LogP contribution in [0, 0.1) is 0 Å². The molecule has 3 rings (SSSR count). The molecule has 1 aromatic carbocycles. The molecule has 0 saturated carbocycles. The fraction of sp³-hybridized carbons (Fsp3) is 0.375. The summed E-state index contributed by atoms with van der Waals surface area (Å²) in [6, 6.07) is 6.75. The molecule has 9 heteroatoms. The molecule has 0 spiro atoms. The van der Waals surface area contributed by atoms with Crippen molar-refractivity contribution in [3.63, 3.8) is 0 Å². The number of primary amides is 1. The van der Waals surface area contributed by atoms with Crippen LogP contribution in [-0.2, 0) is 9.53 Å². The Hall–Kier alpha value is -2.13. The summed E-state index contributed by atoms with van der Waals surface area (Å²) in [6.07, 6.45) is 3.99. The topological polar surface area (TPSA) is 127 Å². The monoisotopic (exact) mass is 364 g/mol. The smallest absolute Gasteiger partial charge is 0.282 e. The van der Waals surface area contributed by atoms with Crippen molar-refractivity contribution < 1.29 is 9.53 Å². The minimum atomic E-state index is -1.47. The molecule has 134 valence electrons. The summed E-state index contributed by atoms with van der Waals surface area (Å²) in [7, 11) is 0. The maximum absolute atomic E-state index is 12.1. The number of amidine groups is 1. The maximum atomic E-state index is 12.1. The summed E-state index contributed by atoms with van der Waals surface area (Å²) in [5.74, 6) is -1.64. The van der Waals surface area contributed by atoms with Gasteiger partial charge >= 0.3 is 0 Å². The predicted molar refractivity (Wildman–Crippen MR) is 97.0 cm³/mol. The number of aliphatic imine (C=N–C) groups is 1. The summed E-state index contributed by atoms with van der Waals surface area (Å²) in [4.78, 5) is 16.6. The molecule has 1 unspecified atom stereocenters. The number of ether oxygens (including phenoxy) is 1. The van der Waals surface area contributed by atoms with Crippen molar-refractivity contribution in [2.24, 2.45) is 16.5 Å². The van der Waals surface area contributed by atoms with Crippen LogP contribution in [0.3, 0.4) is 0 Å². The molecular formula is C16H21ClN6O2. The van der Waals surface area contributed by atoms with Crippen molar-refractivity contribution in [1.29, 1.82) is 0 Å². The molecule has 7 N–H and O–H groups in total. The van der Waals surface area contributed by atoms with Crippen LogP contribution < -0.4 is 27.4 Å². The lowest BCUT2D eigenvalue weighted by Crippen LogP contribution is -2.69. The predicted octanol–water partition coefficient (Wildman–Crippen LogP) is 0.112. The molecule has 2 aliphatic heterocycles. The summed E-state index contributed by atoms with van der Waals surface area (Å²) < 4.78 is 5.33.